The number of carbonyl (C=O) groups excluding carboxylic acids is 1. The van der Waals surface area contributed by atoms with Crippen LogP contribution in [0.3, 0.4) is 0 Å². The zero-order valence-corrected chi connectivity index (χ0v) is 11.1. The number of nitrogens with zero attached hydrogens (tertiary/aromatic N) is 2. The quantitative estimate of drug-likeness (QED) is 0.883. The third-order valence-electron chi connectivity index (χ3n) is 2.99. The normalized spacial score (nSPS) is 20.7. The Balaban J connectivity index is 1.80. The molecule has 1 aliphatic rings. The number of nitrogens with one attached hydrogen (secondary N) is 2. The second-order valence-electron chi connectivity index (χ2n) is 4.30. The molecule has 18 heavy (non-hydrogen) atoms. The van der Waals surface area contributed by atoms with Gasteiger partial charge in [-0.25, -0.2) is 9.78 Å². The standard InChI is InChI=1S/C11H17FN4OS/c1-2-16-5-3-4-8(7-16)14-10(17)15-11-13-6-9(12)18-11/h6,8H,2-5,7H2,1H3,(H2,13,14,15,17). The Bertz CT molecular complexity index is 412. The van der Waals surface area contributed by atoms with Crippen LogP contribution in [0.4, 0.5) is 14.3 Å². The van der Waals surface area contributed by atoms with Crippen molar-refractivity contribution in [1.29, 1.82) is 0 Å². The van der Waals surface area contributed by atoms with Crippen LogP contribution in [0, 0.1) is 5.13 Å². The van der Waals surface area contributed by atoms with Gasteiger partial charge in [0.05, 0.1) is 6.20 Å². The Morgan fingerprint density at radius 2 is 2.56 bits per heavy atom. The molecule has 1 fully saturated rings. The number of likely N-dealkylation sites (tertiary alicyclic amines) is 1. The molecule has 1 aliphatic heterocycles. The predicted molar refractivity (Wildman–Crippen MR) is 69.4 cm³/mol. The van der Waals surface area contributed by atoms with Gasteiger partial charge in [0.1, 0.15) is 0 Å². The van der Waals surface area contributed by atoms with E-state index in [0.717, 1.165) is 50.0 Å². The summed E-state index contributed by atoms with van der Waals surface area (Å²) >= 11 is 0.823. The molecule has 0 radical (unpaired) electrons. The number of urea groups is 1. The van der Waals surface area contributed by atoms with Crippen LogP contribution in [0.2, 0.25) is 0 Å². The zero-order valence-electron chi connectivity index (χ0n) is 10.3. The van der Waals surface area contributed by atoms with Crippen LogP contribution in [0.15, 0.2) is 6.20 Å². The van der Waals surface area contributed by atoms with Crippen LogP contribution < -0.4 is 10.6 Å². The Morgan fingerprint density at radius 1 is 1.72 bits per heavy atom. The van der Waals surface area contributed by atoms with E-state index in [0.29, 0.717) is 0 Å². The molecule has 0 bridgehead atoms. The van der Waals surface area contributed by atoms with Gasteiger partial charge in [-0.15, -0.1) is 0 Å². The lowest BCUT2D eigenvalue weighted by Crippen LogP contribution is -2.48. The number of piperidine rings is 1. The van der Waals surface area contributed by atoms with Crippen molar-refractivity contribution in [2.24, 2.45) is 0 Å². The molecule has 0 aliphatic carbocycles. The van der Waals surface area contributed by atoms with E-state index in [1.807, 2.05) is 0 Å². The van der Waals surface area contributed by atoms with Gasteiger partial charge in [-0.1, -0.05) is 18.3 Å². The third-order valence-corrected chi connectivity index (χ3v) is 3.69. The first-order chi connectivity index (χ1) is 8.67. The molecule has 1 saturated heterocycles. The fourth-order valence-electron chi connectivity index (χ4n) is 2.09. The van der Waals surface area contributed by atoms with Gasteiger partial charge in [0, 0.05) is 12.6 Å². The minimum atomic E-state index is -0.403. The smallest absolute Gasteiger partial charge is 0.321 e. The van der Waals surface area contributed by atoms with Crippen molar-refractivity contribution < 1.29 is 9.18 Å². The minimum Gasteiger partial charge on any atom is -0.334 e. The van der Waals surface area contributed by atoms with Crippen molar-refractivity contribution in [1.82, 2.24) is 15.2 Å². The van der Waals surface area contributed by atoms with Crippen LogP contribution in [-0.2, 0) is 0 Å². The molecule has 2 N–H and O–H groups in total. The van der Waals surface area contributed by atoms with Crippen LogP contribution in [-0.4, -0.2) is 41.6 Å². The Kier molecular flexibility index (Phi) is 4.48. The Morgan fingerprint density at radius 3 is 3.22 bits per heavy atom. The van der Waals surface area contributed by atoms with E-state index in [1.165, 1.54) is 0 Å². The van der Waals surface area contributed by atoms with E-state index < -0.39 is 5.13 Å². The maximum atomic E-state index is 12.7. The van der Waals surface area contributed by atoms with Gasteiger partial charge in [-0.3, -0.25) is 5.32 Å². The maximum Gasteiger partial charge on any atom is 0.321 e. The number of carbonyl (C=O) groups is 1. The molecule has 2 rings (SSSR count). The van der Waals surface area contributed by atoms with E-state index in [2.05, 4.69) is 27.4 Å². The van der Waals surface area contributed by atoms with Gasteiger partial charge >= 0.3 is 6.03 Å². The molecule has 1 aromatic heterocycles. The average molecular weight is 272 g/mol. The second-order valence-corrected chi connectivity index (χ2v) is 5.28. The summed E-state index contributed by atoms with van der Waals surface area (Å²) in [7, 11) is 0. The molecule has 100 valence electrons. The summed E-state index contributed by atoms with van der Waals surface area (Å²) in [5.41, 5.74) is 0. The molecule has 0 aromatic carbocycles. The fourth-order valence-corrected chi connectivity index (χ4v) is 2.63. The highest BCUT2D eigenvalue weighted by Crippen LogP contribution is 2.16. The number of rotatable bonds is 3. The fraction of sp³-hybridized carbons (Fsp3) is 0.636. The molecule has 1 atom stereocenters. The highest BCUT2D eigenvalue weighted by molar-refractivity contribution is 7.14. The van der Waals surface area contributed by atoms with E-state index in [4.69, 9.17) is 0 Å². The lowest BCUT2D eigenvalue weighted by molar-refractivity contribution is 0.196. The molecule has 0 saturated carbocycles. The van der Waals surface area contributed by atoms with E-state index >= 15 is 0 Å². The summed E-state index contributed by atoms with van der Waals surface area (Å²) in [5, 5.41) is 5.32. The van der Waals surface area contributed by atoms with Gasteiger partial charge in [0.2, 0.25) is 0 Å². The molecule has 1 aromatic rings. The van der Waals surface area contributed by atoms with Gasteiger partial charge in [0.25, 0.3) is 0 Å². The minimum absolute atomic E-state index is 0.156. The first-order valence-corrected chi connectivity index (χ1v) is 6.90. The number of anilines is 1. The average Bonchev–Trinajstić information content (AvgIpc) is 2.74. The molecular weight excluding hydrogens is 255 g/mol. The van der Waals surface area contributed by atoms with Crippen molar-refractivity contribution in [2.75, 3.05) is 25.0 Å². The number of hydrogen-bond acceptors (Lipinski definition) is 4. The monoisotopic (exact) mass is 272 g/mol. The van der Waals surface area contributed by atoms with Crippen LogP contribution in [0.1, 0.15) is 19.8 Å². The summed E-state index contributed by atoms with van der Waals surface area (Å²) < 4.78 is 12.7. The van der Waals surface area contributed by atoms with Crippen LogP contribution >= 0.6 is 11.3 Å². The van der Waals surface area contributed by atoms with E-state index in [9.17, 15) is 9.18 Å². The Labute approximate surface area is 109 Å². The van der Waals surface area contributed by atoms with Gasteiger partial charge < -0.3 is 10.2 Å². The van der Waals surface area contributed by atoms with Crippen molar-refractivity contribution in [3.63, 3.8) is 0 Å². The maximum absolute atomic E-state index is 12.7. The lowest BCUT2D eigenvalue weighted by atomic mass is 10.1. The largest absolute Gasteiger partial charge is 0.334 e. The first kappa shape index (κ1) is 13.2. The summed E-state index contributed by atoms with van der Waals surface area (Å²) in [6.45, 7) is 5.07. The van der Waals surface area contributed by atoms with Crippen LogP contribution in [0.25, 0.3) is 0 Å². The number of thiazole rings is 1. The van der Waals surface area contributed by atoms with Gasteiger partial charge in [-0.2, -0.15) is 4.39 Å². The highest BCUT2D eigenvalue weighted by atomic mass is 32.1. The topological polar surface area (TPSA) is 57.3 Å². The van der Waals surface area contributed by atoms with Crippen molar-refractivity contribution in [2.45, 2.75) is 25.8 Å². The number of likely N-dealkylation sites (N-methyl/N-ethyl adjacent to an activating group) is 1. The first-order valence-electron chi connectivity index (χ1n) is 6.08. The zero-order chi connectivity index (χ0) is 13.0. The van der Waals surface area contributed by atoms with Gasteiger partial charge in [0.15, 0.2) is 10.3 Å². The van der Waals surface area contributed by atoms with Crippen molar-refractivity contribution in [3.05, 3.63) is 11.3 Å². The third kappa shape index (κ3) is 3.64. The molecule has 2 heterocycles. The van der Waals surface area contributed by atoms with E-state index in [-0.39, 0.29) is 17.2 Å². The molecule has 0 spiro atoms. The number of amides is 2. The summed E-state index contributed by atoms with van der Waals surface area (Å²) in [6, 6.07) is -0.157. The number of hydrogen-bond donors (Lipinski definition) is 2. The molecule has 1 unspecified atom stereocenters. The number of halogens is 1. The van der Waals surface area contributed by atoms with Crippen LogP contribution in [0.5, 0.6) is 0 Å². The van der Waals surface area contributed by atoms with E-state index in [1.54, 1.807) is 0 Å². The molecule has 7 heteroatoms. The summed E-state index contributed by atoms with van der Waals surface area (Å²) in [6.07, 6.45) is 3.17. The SMILES string of the molecule is CCN1CCCC(NC(=O)Nc2ncc(F)s2)C1. The molecule has 5 nitrogen and oxygen atoms in total. The lowest BCUT2D eigenvalue weighted by Gasteiger charge is -2.32. The van der Waals surface area contributed by atoms with Crippen molar-refractivity contribution in [3.8, 4) is 0 Å². The van der Waals surface area contributed by atoms with Gasteiger partial charge in [-0.05, 0) is 25.9 Å². The highest BCUT2D eigenvalue weighted by Gasteiger charge is 2.20. The van der Waals surface area contributed by atoms with Crippen molar-refractivity contribution >= 4 is 22.5 Å². The Hall–Kier alpha value is -1.21. The number of aromatic nitrogens is 1. The summed E-state index contributed by atoms with van der Waals surface area (Å²) in [5.74, 6) is 0. The molecule has 2 amide bonds. The predicted octanol–water partition coefficient (Wildman–Crippen LogP) is 1.89. The second kappa shape index (κ2) is 6.10. The summed E-state index contributed by atoms with van der Waals surface area (Å²) in [4.78, 5) is 17.7. The molecular formula is C11H17FN4OS.